The van der Waals surface area contributed by atoms with Crippen LogP contribution in [0.4, 0.5) is 11.4 Å². The molecular formula is C26H31N5O3. The van der Waals surface area contributed by atoms with Crippen LogP contribution in [0.25, 0.3) is 0 Å². The topological polar surface area (TPSA) is 104 Å². The largest absolute Gasteiger partial charge is 0.381 e. The van der Waals surface area contributed by atoms with E-state index in [-0.39, 0.29) is 17.9 Å². The van der Waals surface area contributed by atoms with Crippen LogP contribution in [0.5, 0.6) is 0 Å². The van der Waals surface area contributed by atoms with E-state index in [0.29, 0.717) is 36.2 Å². The van der Waals surface area contributed by atoms with Crippen molar-refractivity contribution in [3.63, 3.8) is 0 Å². The first kappa shape index (κ1) is 22.4. The maximum atomic E-state index is 12.7. The van der Waals surface area contributed by atoms with Gasteiger partial charge >= 0.3 is 0 Å². The van der Waals surface area contributed by atoms with Crippen molar-refractivity contribution in [3.05, 3.63) is 59.2 Å². The minimum absolute atomic E-state index is 0.0667. The second-order valence-corrected chi connectivity index (χ2v) is 9.11. The van der Waals surface area contributed by atoms with Crippen LogP contribution in [0.1, 0.15) is 64.3 Å². The zero-order valence-corrected chi connectivity index (χ0v) is 19.2. The molecular weight excluding hydrogens is 430 g/mol. The summed E-state index contributed by atoms with van der Waals surface area (Å²) < 4.78 is 5.37. The molecule has 3 aliphatic rings. The maximum Gasteiger partial charge on any atom is 0.280 e. The molecule has 178 valence electrons. The lowest BCUT2D eigenvalue weighted by atomic mass is 10.0. The van der Waals surface area contributed by atoms with E-state index in [1.165, 1.54) is 0 Å². The van der Waals surface area contributed by atoms with Crippen molar-refractivity contribution in [2.45, 2.75) is 44.1 Å². The lowest BCUT2D eigenvalue weighted by Gasteiger charge is -2.23. The number of benzene rings is 2. The molecule has 3 fully saturated rings. The Morgan fingerprint density at radius 1 is 0.941 bits per heavy atom. The van der Waals surface area contributed by atoms with E-state index in [1.807, 2.05) is 42.5 Å². The van der Waals surface area contributed by atoms with E-state index in [2.05, 4.69) is 26.3 Å². The van der Waals surface area contributed by atoms with Gasteiger partial charge in [0.25, 0.3) is 11.8 Å². The summed E-state index contributed by atoms with van der Waals surface area (Å²) in [5.74, 6) is 0.663. The van der Waals surface area contributed by atoms with Gasteiger partial charge in [-0.05, 0) is 80.0 Å². The number of amides is 2. The summed E-state index contributed by atoms with van der Waals surface area (Å²) in [6, 6.07) is 13.4. The zero-order valence-electron chi connectivity index (χ0n) is 19.2. The molecule has 1 saturated carbocycles. The van der Waals surface area contributed by atoms with Gasteiger partial charge in [0.1, 0.15) is 0 Å². The van der Waals surface area contributed by atoms with Crippen LogP contribution in [0.3, 0.4) is 0 Å². The third kappa shape index (κ3) is 5.56. The van der Waals surface area contributed by atoms with E-state index >= 15 is 0 Å². The monoisotopic (exact) mass is 461 g/mol. The van der Waals surface area contributed by atoms with Gasteiger partial charge in [-0.1, -0.05) is 6.07 Å². The molecule has 4 N–H and O–H groups in total. The zero-order chi connectivity index (χ0) is 23.3. The van der Waals surface area contributed by atoms with Crippen molar-refractivity contribution >= 4 is 29.1 Å². The first-order valence-corrected chi connectivity index (χ1v) is 12.2. The number of aliphatic imine (C=N–C) groups is 1. The predicted molar refractivity (Wildman–Crippen MR) is 132 cm³/mol. The second kappa shape index (κ2) is 10.3. The molecule has 2 aromatic rings. The minimum Gasteiger partial charge on any atom is -0.381 e. The average molecular weight is 462 g/mol. The number of carbonyl (C=O) groups excluding carboxylic acids is 2. The third-order valence-electron chi connectivity index (χ3n) is 6.43. The van der Waals surface area contributed by atoms with Crippen LogP contribution in [0.2, 0.25) is 0 Å². The molecule has 8 heteroatoms. The van der Waals surface area contributed by atoms with Crippen molar-refractivity contribution < 1.29 is 14.3 Å². The maximum absolute atomic E-state index is 12.7. The molecule has 0 bridgehead atoms. The molecule has 0 atom stereocenters. The molecule has 2 saturated heterocycles. The summed E-state index contributed by atoms with van der Waals surface area (Å²) in [7, 11) is 0. The van der Waals surface area contributed by atoms with Gasteiger partial charge in [0, 0.05) is 54.8 Å². The SMILES string of the molecule is O=C(N=C1NCCCN1)c1ccc(Nc2cccc(C(=O)NC3CCOCC3)c2)c(C2CC2)c1. The fraction of sp³-hybridized carbons (Fsp3) is 0.423. The van der Waals surface area contributed by atoms with E-state index in [4.69, 9.17) is 4.74 Å². The van der Waals surface area contributed by atoms with Gasteiger partial charge in [0.2, 0.25) is 0 Å². The number of carbonyl (C=O) groups is 2. The van der Waals surface area contributed by atoms with E-state index < -0.39 is 0 Å². The number of hydrogen-bond acceptors (Lipinski definition) is 4. The molecule has 34 heavy (non-hydrogen) atoms. The number of ether oxygens (including phenoxy) is 1. The Bertz CT molecular complexity index is 1080. The Kier molecular flexibility index (Phi) is 6.76. The van der Waals surface area contributed by atoms with Crippen molar-refractivity contribution in [1.29, 1.82) is 0 Å². The van der Waals surface area contributed by atoms with Gasteiger partial charge in [-0.3, -0.25) is 9.59 Å². The van der Waals surface area contributed by atoms with Crippen LogP contribution in [-0.4, -0.2) is 50.1 Å². The third-order valence-corrected chi connectivity index (χ3v) is 6.43. The second-order valence-electron chi connectivity index (χ2n) is 9.11. The molecule has 2 heterocycles. The molecule has 5 rings (SSSR count). The lowest BCUT2D eigenvalue weighted by Crippen LogP contribution is -2.44. The quantitative estimate of drug-likeness (QED) is 0.526. The summed E-state index contributed by atoms with van der Waals surface area (Å²) in [5, 5.41) is 12.8. The van der Waals surface area contributed by atoms with Gasteiger partial charge in [-0.2, -0.15) is 4.99 Å². The smallest absolute Gasteiger partial charge is 0.280 e. The summed E-state index contributed by atoms with van der Waals surface area (Å²) >= 11 is 0. The Balaban J connectivity index is 1.30. The highest BCUT2D eigenvalue weighted by atomic mass is 16.5. The molecule has 1 aliphatic carbocycles. The van der Waals surface area contributed by atoms with Crippen LogP contribution in [0, 0.1) is 0 Å². The molecule has 8 nitrogen and oxygen atoms in total. The number of hydrogen-bond donors (Lipinski definition) is 4. The molecule has 2 amide bonds. The fourth-order valence-electron chi connectivity index (χ4n) is 4.36. The fourth-order valence-corrected chi connectivity index (χ4v) is 4.36. The van der Waals surface area contributed by atoms with E-state index in [1.54, 1.807) is 0 Å². The summed E-state index contributed by atoms with van der Waals surface area (Å²) in [6.07, 6.45) is 4.92. The number of rotatable bonds is 6. The predicted octanol–water partition coefficient (Wildman–Crippen LogP) is 3.30. The molecule has 0 radical (unpaired) electrons. The van der Waals surface area contributed by atoms with E-state index in [0.717, 1.165) is 62.1 Å². The van der Waals surface area contributed by atoms with E-state index in [9.17, 15) is 9.59 Å². The molecule has 2 aromatic carbocycles. The first-order chi connectivity index (χ1) is 16.7. The van der Waals surface area contributed by atoms with Crippen LogP contribution in [0.15, 0.2) is 47.5 Å². The Morgan fingerprint density at radius 2 is 1.74 bits per heavy atom. The number of nitrogens with one attached hydrogen (secondary N) is 4. The van der Waals surface area contributed by atoms with Gasteiger partial charge in [0.15, 0.2) is 5.96 Å². The van der Waals surface area contributed by atoms with Crippen molar-refractivity contribution in [2.24, 2.45) is 4.99 Å². The highest BCUT2D eigenvalue weighted by Crippen LogP contribution is 2.44. The van der Waals surface area contributed by atoms with Gasteiger partial charge in [-0.15, -0.1) is 0 Å². The molecule has 0 unspecified atom stereocenters. The van der Waals surface area contributed by atoms with Crippen LogP contribution >= 0.6 is 0 Å². The Labute approximate surface area is 199 Å². The van der Waals surface area contributed by atoms with Gasteiger partial charge in [0.05, 0.1) is 0 Å². The van der Waals surface area contributed by atoms with Gasteiger partial charge < -0.3 is 26.0 Å². The highest BCUT2D eigenvalue weighted by molar-refractivity contribution is 6.03. The van der Waals surface area contributed by atoms with Crippen molar-refractivity contribution in [3.8, 4) is 0 Å². The number of guanidine groups is 1. The molecule has 0 aromatic heterocycles. The molecule has 2 aliphatic heterocycles. The minimum atomic E-state index is -0.253. The van der Waals surface area contributed by atoms with Crippen LogP contribution in [-0.2, 0) is 4.74 Å². The average Bonchev–Trinajstić information content (AvgIpc) is 3.71. The first-order valence-electron chi connectivity index (χ1n) is 12.2. The Morgan fingerprint density at radius 3 is 2.50 bits per heavy atom. The van der Waals surface area contributed by atoms with Crippen LogP contribution < -0.4 is 21.3 Å². The standard InChI is InChI=1S/C26H31N5O3/c32-24(30-20-9-13-34-14-10-20)18-3-1-4-21(15-18)29-23-8-7-19(16-22(23)17-5-6-17)25(33)31-26-27-11-2-12-28-26/h1,3-4,7-8,15-17,20,29H,2,5-6,9-14H2,(H,30,32)(H2,27,28,31,33). The summed E-state index contributed by atoms with van der Waals surface area (Å²) in [6.45, 7) is 3.02. The Hall–Kier alpha value is -3.39. The normalized spacial score (nSPS) is 18.4. The van der Waals surface area contributed by atoms with Crippen molar-refractivity contribution in [2.75, 3.05) is 31.6 Å². The highest BCUT2D eigenvalue weighted by Gasteiger charge is 2.27. The summed E-state index contributed by atoms with van der Waals surface area (Å²) in [5.41, 5.74) is 4.13. The number of nitrogens with zero attached hydrogens (tertiary/aromatic N) is 1. The summed E-state index contributed by atoms with van der Waals surface area (Å²) in [4.78, 5) is 29.7. The van der Waals surface area contributed by atoms with Gasteiger partial charge in [-0.25, -0.2) is 0 Å². The lowest BCUT2D eigenvalue weighted by molar-refractivity contribution is 0.0696. The van der Waals surface area contributed by atoms with Crippen molar-refractivity contribution in [1.82, 2.24) is 16.0 Å². The molecule has 0 spiro atoms. The number of anilines is 2.